The molecule has 0 bridgehead atoms. The van der Waals surface area contributed by atoms with Crippen LogP contribution in [-0.4, -0.2) is 5.91 Å². The standard InChI is InChI=1S/C15H17NO2/c1-3-13-9-10-14(18-13)15(17)16-11(2)12-7-5-4-6-8-12/h4-11H,3H2,1-2H3,(H,16,17). The fourth-order valence-corrected chi connectivity index (χ4v) is 1.78. The third-order valence-electron chi connectivity index (χ3n) is 2.88. The molecule has 1 N–H and O–H groups in total. The number of hydrogen-bond donors (Lipinski definition) is 1. The van der Waals surface area contributed by atoms with E-state index in [0.717, 1.165) is 17.7 Å². The van der Waals surface area contributed by atoms with Crippen molar-refractivity contribution in [1.82, 2.24) is 5.32 Å². The lowest BCUT2D eigenvalue weighted by atomic mass is 10.1. The predicted molar refractivity (Wildman–Crippen MR) is 70.4 cm³/mol. The summed E-state index contributed by atoms with van der Waals surface area (Å²) in [5.74, 6) is 1.02. The van der Waals surface area contributed by atoms with Gasteiger partial charge in [-0.3, -0.25) is 4.79 Å². The molecule has 1 amide bonds. The highest BCUT2D eigenvalue weighted by molar-refractivity contribution is 5.91. The largest absolute Gasteiger partial charge is 0.456 e. The van der Waals surface area contributed by atoms with Crippen LogP contribution in [0, 0.1) is 0 Å². The molecule has 1 aromatic carbocycles. The third-order valence-corrected chi connectivity index (χ3v) is 2.88. The van der Waals surface area contributed by atoms with Gasteiger partial charge in [0.05, 0.1) is 6.04 Å². The summed E-state index contributed by atoms with van der Waals surface area (Å²) in [7, 11) is 0. The lowest BCUT2D eigenvalue weighted by molar-refractivity contribution is 0.0910. The second-order valence-corrected chi connectivity index (χ2v) is 4.23. The molecular weight excluding hydrogens is 226 g/mol. The summed E-state index contributed by atoms with van der Waals surface area (Å²) in [6, 6.07) is 13.4. The van der Waals surface area contributed by atoms with E-state index in [4.69, 9.17) is 4.42 Å². The summed E-state index contributed by atoms with van der Waals surface area (Å²) in [6.45, 7) is 3.95. The summed E-state index contributed by atoms with van der Waals surface area (Å²) < 4.78 is 5.42. The molecule has 0 aliphatic heterocycles. The maximum Gasteiger partial charge on any atom is 0.287 e. The number of carbonyl (C=O) groups is 1. The van der Waals surface area contributed by atoms with Crippen LogP contribution in [0.4, 0.5) is 0 Å². The van der Waals surface area contributed by atoms with Crippen LogP contribution in [0.25, 0.3) is 0 Å². The molecule has 0 spiro atoms. The molecule has 1 aromatic heterocycles. The van der Waals surface area contributed by atoms with Crippen molar-refractivity contribution in [3.05, 3.63) is 59.5 Å². The molecule has 94 valence electrons. The van der Waals surface area contributed by atoms with Crippen LogP contribution in [0.15, 0.2) is 46.9 Å². The Labute approximate surface area is 107 Å². The summed E-state index contributed by atoms with van der Waals surface area (Å²) in [5, 5.41) is 2.92. The van der Waals surface area contributed by atoms with Gasteiger partial charge in [0, 0.05) is 6.42 Å². The number of nitrogens with one attached hydrogen (secondary N) is 1. The van der Waals surface area contributed by atoms with Crippen molar-refractivity contribution < 1.29 is 9.21 Å². The van der Waals surface area contributed by atoms with Gasteiger partial charge in [-0.1, -0.05) is 37.3 Å². The first-order valence-corrected chi connectivity index (χ1v) is 6.15. The van der Waals surface area contributed by atoms with E-state index in [0.29, 0.717) is 5.76 Å². The van der Waals surface area contributed by atoms with Gasteiger partial charge in [0.1, 0.15) is 5.76 Å². The van der Waals surface area contributed by atoms with Crippen LogP contribution >= 0.6 is 0 Å². The smallest absolute Gasteiger partial charge is 0.287 e. The van der Waals surface area contributed by atoms with Gasteiger partial charge in [-0.25, -0.2) is 0 Å². The van der Waals surface area contributed by atoms with Gasteiger partial charge in [-0.15, -0.1) is 0 Å². The molecule has 1 atom stereocenters. The van der Waals surface area contributed by atoms with Gasteiger partial charge in [-0.2, -0.15) is 0 Å². The average molecular weight is 243 g/mol. The van der Waals surface area contributed by atoms with Crippen LogP contribution in [-0.2, 0) is 6.42 Å². The van der Waals surface area contributed by atoms with Crippen molar-refractivity contribution in [1.29, 1.82) is 0 Å². The van der Waals surface area contributed by atoms with Crippen LogP contribution in [0.1, 0.15) is 41.8 Å². The predicted octanol–water partition coefficient (Wildman–Crippen LogP) is 3.33. The summed E-state index contributed by atoms with van der Waals surface area (Å²) >= 11 is 0. The minimum absolute atomic E-state index is 0.0334. The molecule has 0 saturated heterocycles. The van der Waals surface area contributed by atoms with Crippen molar-refractivity contribution >= 4 is 5.91 Å². The molecule has 1 heterocycles. The zero-order valence-electron chi connectivity index (χ0n) is 10.6. The molecular formula is C15H17NO2. The van der Waals surface area contributed by atoms with Crippen LogP contribution in [0.5, 0.6) is 0 Å². The van der Waals surface area contributed by atoms with E-state index in [9.17, 15) is 4.79 Å². The maximum absolute atomic E-state index is 12.0. The highest BCUT2D eigenvalue weighted by Gasteiger charge is 2.14. The highest BCUT2D eigenvalue weighted by Crippen LogP contribution is 2.14. The van der Waals surface area contributed by atoms with Crippen molar-refractivity contribution in [2.45, 2.75) is 26.3 Å². The highest BCUT2D eigenvalue weighted by atomic mass is 16.3. The number of furan rings is 1. The van der Waals surface area contributed by atoms with Crippen molar-refractivity contribution in [3.63, 3.8) is 0 Å². The number of rotatable bonds is 4. The first-order valence-electron chi connectivity index (χ1n) is 6.15. The van der Waals surface area contributed by atoms with Gasteiger partial charge in [0.15, 0.2) is 5.76 Å². The molecule has 0 radical (unpaired) electrons. The number of hydrogen-bond acceptors (Lipinski definition) is 2. The Morgan fingerprint density at radius 3 is 2.56 bits per heavy atom. The average Bonchev–Trinajstić information content (AvgIpc) is 2.88. The Morgan fingerprint density at radius 1 is 1.22 bits per heavy atom. The summed E-state index contributed by atoms with van der Waals surface area (Å²) in [6.07, 6.45) is 0.793. The maximum atomic E-state index is 12.0. The minimum Gasteiger partial charge on any atom is -0.456 e. The van der Waals surface area contributed by atoms with E-state index in [1.165, 1.54) is 0 Å². The molecule has 0 aliphatic carbocycles. The third kappa shape index (κ3) is 2.80. The van der Waals surface area contributed by atoms with Gasteiger partial charge >= 0.3 is 0 Å². The Bertz CT molecular complexity index is 516. The van der Waals surface area contributed by atoms with Crippen LogP contribution < -0.4 is 5.32 Å². The molecule has 18 heavy (non-hydrogen) atoms. The zero-order valence-corrected chi connectivity index (χ0v) is 10.6. The zero-order chi connectivity index (χ0) is 13.0. The van der Waals surface area contributed by atoms with Gasteiger partial charge in [-0.05, 0) is 24.6 Å². The SMILES string of the molecule is CCc1ccc(C(=O)NC(C)c2ccccc2)o1. The van der Waals surface area contributed by atoms with E-state index in [-0.39, 0.29) is 11.9 Å². The summed E-state index contributed by atoms with van der Waals surface area (Å²) in [4.78, 5) is 12.0. The fraction of sp³-hybridized carbons (Fsp3) is 0.267. The second-order valence-electron chi connectivity index (χ2n) is 4.23. The Morgan fingerprint density at radius 2 is 1.94 bits per heavy atom. The van der Waals surface area contributed by atoms with E-state index < -0.39 is 0 Å². The fourth-order valence-electron chi connectivity index (χ4n) is 1.78. The molecule has 0 saturated carbocycles. The van der Waals surface area contributed by atoms with E-state index in [1.54, 1.807) is 6.07 Å². The Kier molecular flexibility index (Phi) is 3.82. The van der Waals surface area contributed by atoms with Gasteiger partial charge in [0.2, 0.25) is 0 Å². The van der Waals surface area contributed by atoms with E-state index in [1.807, 2.05) is 50.2 Å². The van der Waals surface area contributed by atoms with Crippen LogP contribution in [0.3, 0.4) is 0 Å². The second kappa shape index (κ2) is 5.54. The van der Waals surface area contributed by atoms with E-state index >= 15 is 0 Å². The molecule has 2 rings (SSSR count). The molecule has 3 heteroatoms. The monoisotopic (exact) mass is 243 g/mol. The first-order chi connectivity index (χ1) is 8.70. The first kappa shape index (κ1) is 12.4. The van der Waals surface area contributed by atoms with Gasteiger partial charge < -0.3 is 9.73 Å². The lowest BCUT2D eigenvalue weighted by Gasteiger charge is -2.12. The van der Waals surface area contributed by atoms with E-state index in [2.05, 4.69) is 5.32 Å². The van der Waals surface area contributed by atoms with Crippen LogP contribution in [0.2, 0.25) is 0 Å². The minimum atomic E-state index is -0.175. The molecule has 0 aliphatic rings. The molecule has 1 unspecified atom stereocenters. The topological polar surface area (TPSA) is 42.2 Å². The van der Waals surface area contributed by atoms with Crippen molar-refractivity contribution in [3.8, 4) is 0 Å². The summed E-state index contributed by atoms with van der Waals surface area (Å²) in [5.41, 5.74) is 1.08. The number of benzene rings is 1. The van der Waals surface area contributed by atoms with Crippen molar-refractivity contribution in [2.75, 3.05) is 0 Å². The molecule has 0 fully saturated rings. The molecule has 3 nitrogen and oxygen atoms in total. The Balaban J connectivity index is 2.03. The number of aryl methyl sites for hydroxylation is 1. The number of carbonyl (C=O) groups excluding carboxylic acids is 1. The van der Waals surface area contributed by atoms with Gasteiger partial charge in [0.25, 0.3) is 5.91 Å². The quantitative estimate of drug-likeness (QED) is 0.895. The molecule has 2 aromatic rings. The van der Waals surface area contributed by atoms with Crippen molar-refractivity contribution in [2.24, 2.45) is 0 Å². The lowest BCUT2D eigenvalue weighted by Crippen LogP contribution is -2.26. The Hall–Kier alpha value is -2.03. The number of amides is 1. The normalized spacial score (nSPS) is 12.1.